The van der Waals surface area contributed by atoms with E-state index in [1.807, 2.05) is 30.3 Å². The lowest BCUT2D eigenvalue weighted by Gasteiger charge is -2.02. The van der Waals surface area contributed by atoms with E-state index in [1.54, 1.807) is 23.9 Å². The first kappa shape index (κ1) is 17.2. The standard InChI is InChI=1S/C18H16F2N4S/c1-24-8-7-13-16(24)9-15(19)14(17(13)20)10-22-23-18(21)25-11-12-5-3-2-4-6-12/h2-10H,11H2,1H3,(H2,21,23). The summed E-state index contributed by atoms with van der Waals surface area (Å²) < 4.78 is 30.2. The third kappa shape index (κ3) is 3.88. The van der Waals surface area contributed by atoms with Gasteiger partial charge in [-0.2, -0.15) is 5.10 Å². The number of rotatable bonds is 4. The zero-order valence-electron chi connectivity index (χ0n) is 13.5. The van der Waals surface area contributed by atoms with Crippen LogP contribution in [0.3, 0.4) is 0 Å². The number of aryl methyl sites for hydroxylation is 1. The molecule has 7 heteroatoms. The van der Waals surface area contributed by atoms with Crippen molar-refractivity contribution >= 4 is 34.0 Å². The van der Waals surface area contributed by atoms with Gasteiger partial charge in [0.05, 0.1) is 17.3 Å². The Hall–Kier alpha value is -2.67. The van der Waals surface area contributed by atoms with E-state index >= 15 is 0 Å². The molecule has 0 aliphatic heterocycles. The minimum atomic E-state index is -0.693. The van der Waals surface area contributed by atoms with Crippen molar-refractivity contribution in [1.82, 2.24) is 4.57 Å². The number of hydrogen-bond donors (Lipinski definition) is 1. The highest BCUT2D eigenvalue weighted by molar-refractivity contribution is 8.13. The summed E-state index contributed by atoms with van der Waals surface area (Å²) in [5.41, 5.74) is 7.11. The highest BCUT2D eigenvalue weighted by Gasteiger charge is 2.13. The molecule has 0 radical (unpaired) electrons. The molecule has 128 valence electrons. The summed E-state index contributed by atoms with van der Waals surface area (Å²) in [5.74, 6) is -0.712. The van der Waals surface area contributed by atoms with Crippen LogP contribution in [-0.2, 0) is 12.8 Å². The fraction of sp³-hybridized carbons (Fsp3) is 0.111. The van der Waals surface area contributed by atoms with Crippen LogP contribution in [0.5, 0.6) is 0 Å². The minimum Gasteiger partial charge on any atom is -0.377 e. The van der Waals surface area contributed by atoms with Crippen LogP contribution in [0.2, 0.25) is 0 Å². The molecule has 3 aromatic rings. The lowest BCUT2D eigenvalue weighted by atomic mass is 10.1. The normalized spacial score (nSPS) is 12.4. The summed E-state index contributed by atoms with van der Waals surface area (Å²) in [6.07, 6.45) is 2.72. The minimum absolute atomic E-state index is 0.224. The topological polar surface area (TPSA) is 55.7 Å². The molecule has 0 saturated heterocycles. The largest absolute Gasteiger partial charge is 0.377 e. The molecule has 1 aromatic heterocycles. The Balaban J connectivity index is 1.74. The smallest absolute Gasteiger partial charge is 0.180 e. The molecular weight excluding hydrogens is 342 g/mol. The summed E-state index contributed by atoms with van der Waals surface area (Å²) in [6.45, 7) is 0. The average molecular weight is 358 g/mol. The lowest BCUT2D eigenvalue weighted by Crippen LogP contribution is -2.06. The van der Waals surface area contributed by atoms with E-state index in [4.69, 9.17) is 5.73 Å². The summed E-state index contributed by atoms with van der Waals surface area (Å²) in [6, 6.07) is 12.6. The number of benzene rings is 2. The molecule has 2 N–H and O–H groups in total. The zero-order chi connectivity index (χ0) is 17.8. The first-order valence-corrected chi connectivity index (χ1v) is 8.51. The Kier molecular flexibility index (Phi) is 5.14. The molecule has 1 heterocycles. The third-order valence-corrected chi connectivity index (χ3v) is 4.54. The first-order chi connectivity index (χ1) is 12.1. The fourth-order valence-corrected chi connectivity index (χ4v) is 2.99. The van der Waals surface area contributed by atoms with Crippen LogP contribution in [0.25, 0.3) is 10.9 Å². The van der Waals surface area contributed by atoms with Crippen molar-refractivity contribution in [1.29, 1.82) is 0 Å². The molecule has 0 unspecified atom stereocenters. The lowest BCUT2D eigenvalue weighted by molar-refractivity contribution is 0.588. The molecule has 0 saturated carbocycles. The molecule has 0 aliphatic rings. The van der Waals surface area contributed by atoms with Gasteiger partial charge in [-0.3, -0.25) is 0 Å². The number of nitrogens with zero attached hydrogens (tertiary/aromatic N) is 3. The third-order valence-electron chi connectivity index (χ3n) is 3.69. The van der Waals surface area contributed by atoms with Crippen LogP contribution < -0.4 is 5.73 Å². The second-order valence-electron chi connectivity index (χ2n) is 5.40. The maximum absolute atomic E-state index is 14.4. The number of amidine groups is 1. The van der Waals surface area contributed by atoms with Crippen molar-refractivity contribution in [2.75, 3.05) is 0 Å². The van der Waals surface area contributed by atoms with Gasteiger partial charge in [0.15, 0.2) is 5.17 Å². The van der Waals surface area contributed by atoms with Crippen LogP contribution in [0, 0.1) is 11.6 Å². The maximum Gasteiger partial charge on any atom is 0.180 e. The molecule has 3 rings (SSSR count). The van der Waals surface area contributed by atoms with Gasteiger partial charge in [-0.15, -0.1) is 5.10 Å². The number of hydrogen-bond acceptors (Lipinski definition) is 3. The van der Waals surface area contributed by atoms with Crippen LogP contribution in [0.4, 0.5) is 8.78 Å². The zero-order valence-corrected chi connectivity index (χ0v) is 14.3. The van der Waals surface area contributed by atoms with Gasteiger partial charge in [0.25, 0.3) is 0 Å². The molecule has 0 aliphatic carbocycles. The first-order valence-electron chi connectivity index (χ1n) is 7.52. The molecule has 4 nitrogen and oxygen atoms in total. The van der Waals surface area contributed by atoms with Gasteiger partial charge in [0.2, 0.25) is 0 Å². The molecule has 0 atom stereocenters. The molecule has 0 spiro atoms. The summed E-state index contributed by atoms with van der Waals surface area (Å²) in [7, 11) is 1.73. The summed E-state index contributed by atoms with van der Waals surface area (Å²) in [4.78, 5) is 0. The Labute approximate surface area is 148 Å². The van der Waals surface area contributed by atoms with E-state index in [0.29, 0.717) is 16.7 Å². The van der Waals surface area contributed by atoms with Crippen molar-refractivity contribution in [3.05, 3.63) is 71.4 Å². The van der Waals surface area contributed by atoms with Gasteiger partial charge in [-0.25, -0.2) is 8.78 Å². The maximum atomic E-state index is 14.4. The van der Waals surface area contributed by atoms with Crippen molar-refractivity contribution < 1.29 is 8.78 Å². The van der Waals surface area contributed by atoms with E-state index in [9.17, 15) is 8.78 Å². The number of nitrogens with two attached hydrogens (primary N) is 1. The molecule has 2 aromatic carbocycles. The van der Waals surface area contributed by atoms with Crippen LogP contribution in [0.15, 0.2) is 58.9 Å². The molecule has 0 bridgehead atoms. The average Bonchev–Trinajstić information content (AvgIpc) is 2.98. The van der Waals surface area contributed by atoms with Crippen molar-refractivity contribution in [3.63, 3.8) is 0 Å². The predicted molar refractivity (Wildman–Crippen MR) is 99.8 cm³/mol. The monoisotopic (exact) mass is 358 g/mol. The Morgan fingerprint density at radius 3 is 2.76 bits per heavy atom. The highest BCUT2D eigenvalue weighted by atomic mass is 32.2. The second kappa shape index (κ2) is 7.48. The van der Waals surface area contributed by atoms with Gasteiger partial charge >= 0.3 is 0 Å². The molecular formula is C18H16F2N4S. The molecule has 25 heavy (non-hydrogen) atoms. The van der Waals surface area contributed by atoms with Gasteiger partial charge in [-0.1, -0.05) is 42.1 Å². The van der Waals surface area contributed by atoms with Crippen molar-refractivity contribution in [2.45, 2.75) is 5.75 Å². The van der Waals surface area contributed by atoms with E-state index in [0.717, 1.165) is 11.8 Å². The van der Waals surface area contributed by atoms with Gasteiger partial charge in [0, 0.05) is 24.4 Å². The Bertz CT molecular complexity index is 949. The van der Waals surface area contributed by atoms with Crippen LogP contribution in [0.1, 0.15) is 11.1 Å². The second-order valence-corrected chi connectivity index (χ2v) is 6.40. The van der Waals surface area contributed by atoms with E-state index in [-0.39, 0.29) is 10.7 Å². The van der Waals surface area contributed by atoms with Gasteiger partial charge in [-0.05, 0) is 17.7 Å². The predicted octanol–water partition coefficient (Wildman–Crippen LogP) is 4.04. The van der Waals surface area contributed by atoms with Gasteiger partial charge < -0.3 is 10.3 Å². The number of halogens is 2. The highest BCUT2D eigenvalue weighted by Crippen LogP contribution is 2.23. The van der Waals surface area contributed by atoms with Crippen molar-refractivity contribution in [2.24, 2.45) is 23.0 Å². The Morgan fingerprint density at radius 2 is 2.00 bits per heavy atom. The fourth-order valence-electron chi connectivity index (χ4n) is 2.38. The molecule has 0 fully saturated rings. The number of aromatic nitrogens is 1. The molecule has 0 amide bonds. The quantitative estimate of drug-likeness (QED) is 0.435. The Morgan fingerprint density at radius 1 is 1.24 bits per heavy atom. The van der Waals surface area contributed by atoms with E-state index in [2.05, 4.69) is 10.2 Å². The number of thioether (sulfide) groups is 1. The van der Waals surface area contributed by atoms with Crippen LogP contribution >= 0.6 is 11.8 Å². The van der Waals surface area contributed by atoms with Gasteiger partial charge in [0.1, 0.15) is 11.6 Å². The van der Waals surface area contributed by atoms with Crippen LogP contribution in [-0.4, -0.2) is 15.9 Å². The SMILES string of the molecule is Cn1ccc2c(F)c(C=NN=C(N)SCc3ccccc3)c(F)cc21. The van der Waals surface area contributed by atoms with E-state index in [1.165, 1.54) is 17.8 Å². The summed E-state index contributed by atoms with van der Waals surface area (Å²) in [5, 5.41) is 8.07. The summed E-state index contributed by atoms with van der Waals surface area (Å²) >= 11 is 1.30. The number of fused-ring (bicyclic) bond motifs is 1. The van der Waals surface area contributed by atoms with E-state index < -0.39 is 11.6 Å². The van der Waals surface area contributed by atoms with Crippen molar-refractivity contribution in [3.8, 4) is 0 Å².